The van der Waals surface area contributed by atoms with E-state index in [1.165, 1.54) is 30.5 Å². The maximum absolute atomic E-state index is 4.74. The maximum atomic E-state index is 4.74. The molecule has 0 aliphatic heterocycles. The van der Waals surface area contributed by atoms with Crippen molar-refractivity contribution in [1.82, 2.24) is 15.5 Å². The first-order chi connectivity index (χ1) is 11.7. The second kappa shape index (κ2) is 15.4. The summed E-state index contributed by atoms with van der Waals surface area (Å²) < 4.78 is 0. The summed E-state index contributed by atoms with van der Waals surface area (Å²) in [7, 11) is 0. The highest BCUT2D eigenvalue weighted by Gasteiger charge is 2.02. The summed E-state index contributed by atoms with van der Waals surface area (Å²) >= 11 is 0. The number of halogens is 1. The maximum Gasteiger partial charge on any atom is 0.191 e. The Bertz CT molecular complexity index is 473. The number of rotatable bonds is 11. The number of nitrogens with zero attached hydrogens (tertiary/aromatic N) is 2. The fourth-order valence-electron chi connectivity index (χ4n) is 2.77. The van der Waals surface area contributed by atoms with Crippen molar-refractivity contribution < 1.29 is 0 Å². The van der Waals surface area contributed by atoms with E-state index >= 15 is 0 Å². The Balaban J connectivity index is 0.00000576. The number of nitrogens with one attached hydrogen (secondary N) is 2. The molecule has 0 fully saturated rings. The number of hydrogen-bond donors (Lipinski definition) is 2. The summed E-state index contributed by atoms with van der Waals surface area (Å²) in [4.78, 5) is 7.21. The van der Waals surface area contributed by atoms with Crippen LogP contribution in [-0.4, -0.2) is 43.6 Å². The molecule has 5 heteroatoms. The molecule has 0 atom stereocenters. The SMILES string of the molecule is CCNC(=NCc1ccccc1CC)NCCCCN(CC)CC.I. The van der Waals surface area contributed by atoms with E-state index in [2.05, 4.69) is 67.5 Å². The van der Waals surface area contributed by atoms with Crippen LogP contribution in [-0.2, 0) is 13.0 Å². The van der Waals surface area contributed by atoms with Gasteiger partial charge >= 0.3 is 0 Å². The highest BCUT2D eigenvalue weighted by molar-refractivity contribution is 14.0. The van der Waals surface area contributed by atoms with Crippen LogP contribution in [0.2, 0.25) is 0 Å². The Hall–Kier alpha value is -0.820. The number of guanidine groups is 1. The molecule has 1 aromatic rings. The molecule has 0 radical (unpaired) electrons. The van der Waals surface area contributed by atoms with Crippen LogP contribution in [0.25, 0.3) is 0 Å². The molecule has 0 saturated heterocycles. The van der Waals surface area contributed by atoms with Gasteiger partial charge in [-0.05, 0) is 56.9 Å². The number of unbranched alkanes of at least 4 members (excludes halogenated alkanes) is 1. The summed E-state index contributed by atoms with van der Waals surface area (Å²) in [5, 5.41) is 6.80. The largest absolute Gasteiger partial charge is 0.357 e. The van der Waals surface area contributed by atoms with E-state index < -0.39 is 0 Å². The third-order valence-electron chi connectivity index (χ3n) is 4.34. The molecule has 1 aromatic carbocycles. The van der Waals surface area contributed by atoms with E-state index in [4.69, 9.17) is 4.99 Å². The summed E-state index contributed by atoms with van der Waals surface area (Å²) in [5.41, 5.74) is 2.70. The molecular formula is C20H37IN4. The molecule has 1 rings (SSSR count). The van der Waals surface area contributed by atoms with E-state index in [0.29, 0.717) is 0 Å². The summed E-state index contributed by atoms with van der Waals surface area (Å²) in [6.45, 7) is 14.8. The van der Waals surface area contributed by atoms with Gasteiger partial charge in [0.2, 0.25) is 0 Å². The standard InChI is InChI=1S/C20H36N4.HI/c1-5-18-13-9-10-14-19(18)17-23-20(21-6-2)22-15-11-12-16-24(7-3)8-4;/h9-10,13-14H,5-8,11-12,15-17H2,1-4H3,(H2,21,22,23);1H. The minimum atomic E-state index is 0. The molecule has 25 heavy (non-hydrogen) atoms. The van der Waals surface area contributed by atoms with Crippen LogP contribution < -0.4 is 10.6 Å². The van der Waals surface area contributed by atoms with E-state index in [0.717, 1.165) is 45.1 Å². The highest BCUT2D eigenvalue weighted by Crippen LogP contribution is 2.10. The summed E-state index contributed by atoms with van der Waals surface area (Å²) in [6.07, 6.45) is 3.46. The molecule has 0 heterocycles. The first kappa shape index (κ1) is 24.2. The highest BCUT2D eigenvalue weighted by atomic mass is 127. The lowest BCUT2D eigenvalue weighted by Gasteiger charge is -2.18. The van der Waals surface area contributed by atoms with Crippen molar-refractivity contribution in [2.24, 2.45) is 4.99 Å². The van der Waals surface area contributed by atoms with Crippen LogP contribution in [0.3, 0.4) is 0 Å². The number of aliphatic imine (C=N–C) groups is 1. The Kier molecular flexibility index (Phi) is 14.9. The third-order valence-corrected chi connectivity index (χ3v) is 4.34. The van der Waals surface area contributed by atoms with E-state index in [9.17, 15) is 0 Å². The average Bonchev–Trinajstić information content (AvgIpc) is 2.62. The lowest BCUT2D eigenvalue weighted by atomic mass is 10.1. The van der Waals surface area contributed by atoms with Crippen LogP contribution >= 0.6 is 24.0 Å². The number of hydrogen-bond acceptors (Lipinski definition) is 2. The van der Waals surface area contributed by atoms with Gasteiger partial charge in [0.15, 0.2) is 5.96 Å². The quantitative estimate of drug-likeness (QED) is 0.227. The molecule has 0 bridgehead atoms. The zero-order valence-corrected chi connectivity index (χ0v) is 18.8. The van der Waals surface area contributed by atoms with Crippen LogP contribution in [0.1, 0.15) is 51.7 Å². The molecule has 4 nitrogen and oxygen atoms in total. The van der Waals surface area contributed by atoms with Crippen molar-refractivity contribution in [3.05, 3.63) is 35.4 Å². The second-order valence-corrected chi connectivity index (χ2v) is 5.98. The smallest absolute Gasteiger partial charge is 0.191 e. The van der Waals surface area contributed by atoms with Crippen molar-refractivity contribution in [2.45, 2.75) is 53.5 Å². The number of aryl methyl sites for hydroxylation is 1. The Morgan fingerprint density at radius 2 is 1.64 bits per heavy atom. The molecule has 0 aliphatic rings. The Morgan fingerprint density at radius 1 is 0.960 bits per heavy atom. The van der Waals surface area contributed by atoms with Gasteiger partial charge in [0.1, 0.15) is 0 Å². The van der Waals surface area contributed by atoms with E-state index in [-0.39, 0.29) is 24.0 Å². The predicted molar refractivity (Wildman–Crippen MR) is 121 cm³/mol. The van der Waals surface area contributed by atoms with Gasteiger partial charge in [-0.3, -0.25) is 0 Å². The van der Waals surface area contributed by atoms with Gasteiger partial charge in [-0.1, -0.05) is 45.0 Å². The normalized spacial score (nSPS) is 11.3. The summed E-state index contributed by atoms with van der Waals surface area (Å²) in [6, 6.07) is 8.57. The molecule has 0 unspecified atom stereocenters. The topological polar surface area (TPSA) is 39.7 Å². The van der Waals surface area contributed by atoms with E-state index in [1.54, 1.807) is 0 Å². The third kappa shape index (κ3) is 10.0. The molecule has 0 spiro atoms. The molecule has 144 valence electrons. The fourth-order valence-corrected chi connectivity index (χ4v) is 2.77. The minimum absolute atomic E-state index is 0. The van der Waals surface area contributed by atoms with Crippen LogP contribution in [0.5, 0.6) is 0 Å². The van der Waals surface area contributed by atoms with Crippen molar-refractivity contribution in [1.29, 1.82) is 0 Å². The van der Waals surface area contributed by atoms with Crippen molar-refractivity contribution >= 4 is 29.9 Å². The Labute approximate surface area is 171 Å². The molecule has 0 amide bonds. The summed E-state index contributed by atoms with van der Waals surface area (Å²) in [5.74, 6) is 0.922. The first-order valence-electron chi connectivity index (χ1n) is 9.56. The molecule has 0 aromatic heterocycles. The predicted octanol–water partition coefficient (Wildman–Crippen LogP) is 4.04. The monoisotopic (exact) mass is 460 g/mol. The zero-order chi connectivity index (χ0) is 17.6. The molecule has 2 N–H and O–H groups in total. The Morgan fingerprint density at radius 3 is 2.24 bits per heavy atom. The van der Waals surface area contributed by atoms with Crippen molar-refractivity contribution in [2.75, 3.05) is 32.7 Å². The second-order valence-electron chi connectivity index (χ2n) is 5.98. The lowest BCUT2D eigenvalue weighted by molar-refractivity contribution is 0.297. The number of benzene rings is 1. The van der Waals surface area contributed by atoms with Crippen molar-refractivity contribution in [3.8, 4) is 0 Å². The fraction of sp³-hybridized carbons (Fsp3) is 0.650. The molecule has 0 aliphatic carbocycles. The van der Waals surface area contributed by atoms with Gasteiger partial charge < -0.3 is 15.5 Å². The van der Waals surface area contributed by atoms with Gasteiger partial charge in [-0.15, -0.1) is 24.0 Å². The van der Waals surface area contributed by atoms with Crippen LogP contribution in [0, 0.1) is 0 Å². The van der Waals surface area contributed by atoms with Gasteiger partial charge in [-0.25, -0.2) is 4.99 Å². The van der Waals surface area contributed by atoms with Gasteiger partial charge in [0, 0.05) is 13.1 Å². The zero-order valence-electron chi connectivity index (χ0n) is 16.5. The van der Waals surface area contributed by atoms with Gasteiger partial charge in [0.05, 0.1) is 6.54 Å². The molecule has 0 saturated carbocycles. The van der Waals surface area contributed by atoms with Crippen molar-refractivity contribution in [3.63, 3.8) is 0 Å². The van der Waals surface area contributed by atoms with Gasteiger partial charge in [-0.2, -0.15) is 0 Å². The van der Waals surface area contributed by atoms with Gasteiger partial charge in [0.25, 0.3) is 0 Å². The first-order valence-corrected chi connectivity index (χ1v) is 9.56. The van der Waals surface area contributed by atoms with E-state index in [1.807, 2.05) is 0 Å². The molecular weight excluding hydrogens is 423 g/mol. The minimum Gasteiger partial charge on any atom is -0.357 e. The average molecular weight is 460 g/mol. The van der Waals surface area contributed by atoms with Crippen LogP contribution in [0.15, 0.2) is 29.3 Å². The van der Waals surface area contributed by atoms with Crippen LogP contribution in [0.4, 0.5) is 0 Å². The lowest BCUT2D eigenvalue weighted by Crippen LogP contribution is -2.38.